The molecule has 1 aromatic carbocycles. The second-order valence-corrected chi connectivity index (χ2v) is 4.74. The summed E-state index contributed by atoms with van der Waals surface area (Å²) in [6, 6.07) is 4.45. The molecule has 22 heavy (non-hydrogen) atoms. The maximum absolute atomic E-state index is 13.7. The lowest BCUT2D eigenvalue weighted by atomic mass is 10.2. The molecule has 2 heterocycles. The number of aryl methyl sites for hydroxylation is 1. The second-order valence-electron chi connectivity index (χ2n) is 4.74. The third-order valence-electron chi connectivity index (χ3n) is 3.32. The van der Waals surface area contributed by atoms with Crippen molar-refractivity contribution in [3.63, 3.8) is 0 Å². The highest BCUT2D eigenvalue weighted by molar-refractivity contribution is 5.41. The van der Waals surface area contributed by atoms with Crippen molar-refractivity contribution < 1.29 is 4.39 Å². The molecule has 0 aliphatic carbocycles. The van der Waals surface area contributed by atoms with Crippen molar-refractivity contribution in [2.24, 2.45) is 0 Å². The Morgan fingerprint density at radius 2 is 2.09 bits per heavy atom. The largest absolute Gasteiger partial charge is 0.351 e. The predicted octanol–water partition coefficient (Wildman–Crippen LogP) is 0.728. The van der Waals surface area contributed by atoms with Crippen LogP contribution in [0.15, 0.2) is 40.2 Å². The van der Waals surface area contributed by atoms with Gasteiger partial charge < -0.3 is 0 Å². The van der Waals surface area contributed by atoms with Crippen LogP contribution in [0, 0.1) is 25.1 Å². The molecule has 0 radical (unpaired) electrons. The van der Waals surface area contributed by atoms with E-state index in [2.05, 4.69) is 11.0 Å². The third-order valence-corrected chi connectivity index (χ3v) is 3.32. The second kappa shape index (κ2) is 5.00. The molecule has 7 heteroatoms. The molecule has 2 aromatic heterocycles. The van der Waals surface area contributed by atoms with Gasteiger partial charge in [-0.25, -0.2) is 18.3 Å². The molecular formula is C15H11FN4O2. The molecule has 0 aliphatic rings. The average molecular weight is 298 g/mol. The Labute approximate surface area is 124 Å². The zero-order chi connectivity index (χ0) is 15.9. The molecule has 0 bridgehead atoms. The van der Waals surface area contributed by atoms with Crippen molar-refractivity contribution in [1.82, 2.24) is 18.7 Å². The predicted molar refractivity (Wildman–Crippen MR) is 78.6 cm³/mol. The lowest BCUT2D eigenvalue weighted by Crippen LogP contribution is -2.24. The monoisotopic (exact) mass is 298 g/mol. The number of benzene rings is 1. The number of hydrogen-bond acceptors (Lipinski definition) is 3. The number of aromatic nitrogens is 4. The molecule has 0 amide bonds. The van der Waals surface area contributed by atoms with Gasteiger partial charge in [-0.1, -0.05) is 12.0 Å². The maximum Gasteiger partial charge on any atom is 0.351 e. The van der Waals surface area contributed by atoms with Gasteiger partial charge in [0.1, 0.15) is 12.4 Å². The third kappa shape index (κ3) is 2.02. The van der Waals surface area contributed by atoms with E-state index in [1.165, 1.54) is 23.0 Å². The van der Waals surface area contributed by atoms with Gasteiger partial charge in [-0.2, -0.15) is 0 Å². The van der Waals surface area contributed by atoms with Crippen molar-refractivity contribution in [2.45, 2.75) is 13.5 Å². The van der Waals surface area contributed by atoms with Gasteiger partial charge in [-0.3, -0.25) is 9.36 Å². The standard InChI is InChI=1S/C15H11FN4O2/c1-3-6-20-15(22)19-8-7-18(14(21)13(19)17-20)11-5-4-10(2)12(16)9-11/h1,4-5,7-9H,6H2,2H3. The first-order valence-electron chi connectivity index (χ1n) is 6.44. The van der Waals surface area contributed by atoms with E-state index >= 15 is 0 Å². The molecule has 0 unspecified atom stereocenters. The summed E-state index contributed by atoms with van der Waals surface area (Å²) in [5, 5.41) is 3.93. The molecule has 3 rings (SSSR count). The highest BCUT2D eigenvalue weighted by atomic mass is 19.1. The minimum absolute atomic E-state index is 0.0287. The zero-order valence-electron chi connectivity index (χ0n) is 11.7. The summed E-state index contributed by atoms with van der Waals surface area (Å²) in [5.41, 5.74) is -0.253. The molecule has 0 spiro atoms. The van der Waals surface area contributed by atoms with Crippen molar-refractivity contribution in [2.75, 3.05) is 0 Å². The van der Waals surface area contributed by atoms with Gasteiger partial charge >= 0.3 is 11.2 Å². The van der Waals surface area contributed by atoms with Crippen LogP contribution in [0.25, 0.3) is 11.3 Å². The van der Waals surface area contributed by atoms with Crippen LogP contribution >= 0.6 is 0 Å². The van der Waals surface area contributed by atoms with Crippen molar-refractivity contribution in [3.8, 4) is 18.0 Å². The number of terminal acetylenes is 1. The average Bonchev–Trinajstić information content (AvgIpc) is 2.81. The maximum atomic E-state index is 13.7. The Bertz CT molecular complexity index is 1040. The highest BCUT2D eigenvalue weighted by Gasteiger charge is 2.12. The van der Waals surface area contributed by atoms with E-state index in [-0.39, 0.29) is 12.2 Å². The van der Waals surface area contributed by atoms with Crippen LogP contribution in [-0.4, -0.2) is 18.7 Å². The molecule has 0 saturated heterocycles. The first-order chi connectivity index (χ1) is 10.5. The molecule has 110 valence electrons. The van der Waals surface area contributed by atoms with Crippen molar-refractivity contribution in [3.05, 3.63) is 62.8 Å². The number of fused-ring (bicyclic) bond motifs is 1. The van der Waals surface area contributed by atoms with Crippen LogP contribution in [0.2, 0.25) is 0 Å². The number of rotatable bonds is 2. The topological polar surface area (TPSA) is 61.3 Å². The van der Waals surface area contributed by atoms with Crippen LogP contribution in [0.4, 0.5) is 4.39 Å². The van der Waals surface area contributed by atoms with Crippen LogP contribution in [0.1, 0.15) is 5.56 Å². The van der Waals surface area contributed by atoms with Crippen molar-refractivity contribution >= 4 is 5.65 Å². The Morgan fingerprint density at radius 1 is 1.32 bits per heavy atom. The van der Waals surface area contributed by atoms with Gasteiger partial charge in [-0.05, 0) is 24.6 Å². The normalized spacial score (nSPS) is 10.8. The van der Waals surface area contributed by atoms with E-state index in [0.29, 0.717) is 11.3 Å². The fraction of sp³-hybridized carbons (Fsp3) is 0.133. The molecule has 0 fully saturated rings. The van der Waals surface area contributed by atoms with Gasteiger partial charge in [0, 0.05) is 12.4 Å². The zero-order valence-corrected chi connectivity index (χ0v) is 11.7. The van der Waals surface area contributed by atoms with E-state index in [1.54, 1.807) is 19.1 Å². The molecule has 3 aromatic rings. The van der Waals surface area contributed by atoms with Gasteiger partial charge in [0.05, 0.1) is 5.69 Å². The summed E-state index contributed by atoms with van der Waals surface area (Å²) < 4.78 is 17.0. The van der Waals surface area contributed by atoms with Gasteiger partial charge in [-0.15, -0.1) is 11.5 Å². The Kier molecular flexibility index (Phi) is 3.14. The Morgan fingerprint density at radius 3 is 2.77 bits per heavy atom. The number of hydrogen-bond donors (Lipinski definition) is 0. The van der Waals surface area contributed by atoms with Gasteiger partial charge in [0.2, 0.25) is 5.65 Å². The Balaban J connectivity index is 2.27. The van der Waals surface area contributed by atoms with Crippen LogP contribution in [0.3, 0.4) is 0 Å². The van der Waals surface area contributed by atoms with Crippen LogP contribution in [0.5, 0.6) is 0 Å². The summed E-state index contributed by atoms with van der Waals surface area (Å²) in [4.78, 5) is 24.4. The summed E-state index contributed by atoms with van der Waals surface area (Å²) >= 11 is 0. The van der Waals surface area contributed by atoms with E-state index < -0.39 is 17.1 Å². The Hall–Kier alpha value is -3.14. The van der Waals surface area contributed by atoms with E-state index in [4.69, 9.17) is 6.42 Å². The number of halogens is 1. The smallest absolute Gasteiger partial charge is 0.279 e. The fourth-order valence-electron chi connectivity index (χ4n) is 2.13. The van der Waals surface area contributed by atoms with E-state index in [9.17, 15) is 14.0 Å². The first-order valence-corrected chi connectivity index (χ1v) is 6.44. The van der Waals surface area contributed by atoms with E-state index in [0.717, 1.165) is 9.08 Å². The summed E-state index contributed by atoms with van der Waals surface area (Å²) in [7, 11) is 0. The lowest BCUT2D eigenvalue weighted by Gasteiger charge is -2.06. The molecule has 0 saturated carbocycles. The molecule has 0 N–H and O–H groups in total. The minimum atomic E-state index is -0.529. The SMILES string of the molecule is C#CCn1nc2c(=O)n(-c3ccc(C)c(F)c3)ccn2c1=O. The minimum Gasteiger partial charge on any atom is -0.279 e. The summed E-state index contributed by atoms with van der Waals surface area (Å²) in [5.74, 6) is 1.88. The van der Waals surface area contributed by atoms with Crippen LogP contribution in [-0.2, 0) is 6.54 Å². The molecule has 0 aliphatic heterocycles. The quantitative estimate of drug-likeness (QED) is 0.655. The summed E-state index contributed by atoms with van der Waals surface area (Å²) in [6.07, 6.45) is 7.95. The number of nitrogens with zero attached hydrogens (tertiary/aromatic N) is 4. The van der Waals surface area contributed by atoms with Crippen molar-refractivity contribution in [1.29, 1.82) is 0 Å². The van der Waals surface area contributed by atoms with E-state index in [1.807, 2.05) is 0 Å². The van der Waals surface area contributed by atoms with Crippen LogP contribution < -0.4 is 11.2 Å². The first kappa shape index (κ1) is 13.8. The van der Waals surface area contributed by atoms with Gasteiger partial charge in [0.15, 0.2) is 0 Å². The molecular weight excluding hydrogens is 287 g/mol. The summed E-state index contributed by atoms with van der Waals surface area (Å²) in [6.45, 7) is 1.60. The molecule has 0 atom stereocenters. The fourth-order valence-corrected chi connectivity index (χ4v) is 2.13. The molecule has 6 nitrogen and oxygen atoms in total. The lowest BCUT2D eigenvalue weighted by molar-refractivity contribution is 0.617. The highest BCUT2D eigenvalue weighted by Crippen LogP contribution is 2.11. The van der Waals surface area contributed by atoms with Gasteiger partial charge in [0.25, 0.3) is 0 Å².